The third-order valence-electron chi connectivity index (χ3n) is 9.70. The molecular formula is C42H39NO2. The Labute approximate surface area is 266 Å². The lowest BCUT2D eigenvalue weighted by Gasteiger charge is -2.42. The second-order valence-corrected chi connectivity index (χ2v) is 14.4. The minimum absolute atomic E-state index is 0.0638. The normalized spacial score (nSPS) is 15.4. The molecule has 0 spiro atoms. The maximum atomic E-state index is 13.6. The number of carbonyl (C=O) groups excluding carboxylic acids is 2. The van der Waals surface area contributed by atoms with Crippen molar-refractivity contribution in [3.05, 3.63) is 142 Å². The van der Waals surface area contributed by atoms with Crippen LogP contribution in [0.2, 0.25) is 0 Å². The molecule has 3 nitrogen and oxygen atoms in total. The van der Waals surface area contributed by atoms with Crippen molar-refractivity contribution in [3.8, 4) is 0 Å². The molecule has 0 atom stereocenters. The van der Waals surface area contributed by atoms with Gasteiger partial charge in [0.1, 0.15) is 0 Å². The molecule has 2 aliphatic rings. The number of anilines is 3. The molecule has 0 aromatic heterocycles. The van der Waals surface area contributed by atoms with Crippen LogP contribution in [-0.2, 0) is 10.8 Å². The van der Waals surface area contributed by atoms with Crippen molar-refractivity contribution >= 4 is 45.5 Å². The van der Waals surface area contributed by atoms with Gasteiger partial charge in [-0.15, -0.1) is 0 Å². The highest BCUT2D eigenvalue weighted by Crippen LogP contribution is 2.53. The van der Waals surface area contributed by atoms with E-state index in [4.69, 9.17) is 0 Å². The van der Waals surface area contributed by atoms with Gasteiger partial charge < -0.3 is 4.90 Å². The number of ketones is 2. The SMILES string of the molecule is CC(C)c1ccc2c(c1)C(C)(C)c1cc(C=C3C(=O)c4cc5ccccc5cc4C3=O)ccc1N2c1ccc(C(C)(C)C)cc1. The van der Waals surface area contributed by atoms with Crippen LogP contribution < -0.4 is 4.90 Å². The summed E-state index contributed by atoms with van der Waals surface area (Å²) in [5.74, 6) is -0.00352. The van der Waals surface area contributed by atoms with Crippen molar-refractivity contribution in [1.29, 1.82) is 0 Å². The highest BCUT2D eigenvalue weighted by atomic mass is 16.2. The van der Waals surface area contributed by atoms with E-state index in [1.165, 1.54) is 22.4 Å². The van der Waals surface area contributed by atoms with Gasteiger partial charge in [0.2, 0.25) is 0 Å². The fourth-order valence-electron chi connectivity index (χ4n) is 6.92. The predicted octanol–water partition coefficient (Wildman–Crippen LogP) is 10.8. The molecule has 0 unspecified atom stereocenters. The Balaban J connectivity index is 1.37. The molecule has 224 valence electrons. The van der Waals surface area contributed by atoms with E-state index in [9.17, 15) is 9.59 Å². The Bertz CT molecular complexity index is 2010. The second-order valence-electron chi connectivity index (χ2n) is 14.4. The molecule has 45 heavy (non-hydrogen) atoms. The van der Waals surface area contributed by atoms with Gasteiger partial charge in [0.05, 0.1) is 16.9 Å². The fourth-order valence-corrected chi connectivity index (χ4v) is 6.92. The van der Waals surface area contributed by atoms with Crippen molar-refractivity contribution in [2.75, 3.05) is 4.90 Å². The summed E-state index contributed by atoms with van der Waals surface area (Å²) in [6, 6.07) is 33.7. The molecule has 5 aromatic carbocycles. The lowest BCUT2D eigenvalue weighted by Crippen LogP contribution is -2.31. The predicted molar refractivity (Wildman–Crippen MR) is 187 cm³/mol. The highest BCUT2D eigenvalue weighted by Gasteiger charge is 2.38. The van der Waals surface area contributed by atoms with Crippen LogP contribution in [0.3, 0.4) is 0 Å². The smallest absolute Gasteiger partial charge is 0.197 e. The largest absolute Gasteiger partial charge is 0.310 e. The fraction of sp³-hybridized carbons (Fsp3) is 0.238. The Morgan fingerprint density at radius 2 is 1.24 bits per heavy atom. The van der Waals surface area contributed by atoms with Gasteiger partial charge in [-0.1, -0.05) is 103 Å². The number of fused-ring (bicyclic) bond motifs is 4. The van der Waals surface area contributed by atoms with Crippen molar-refractivity contribution in [2.45, 2.75) is 65.2 Å². The van der Waals surface area contributed by atoms with Gasteiger partial charge in [-0.05, 0) is 98.5 Å². The lowest BCUT2D eigenvalue weighted by molar-refractivity contribution is 0.0990. The Hall–Kier alpha value is -4.76. The summed E-state index contributed by atoms with van der Waals surface area (Å²) < 4.78 is 0. The zero-order chi connectivity index (χ0) is 31.8. The standard InChI is InChI=1S/C42H39NO2/c1-25(2)27-13-19-38-36(24-27)42(6,7)35-21-26(12-18-37(35)43(38)31-16-14-30(15-17-31)41(3,4)5)20-34-39(44)32-22-28-10-8-9-11-29(28)23-33(32)40(34)45/h8-25H,1-7H3. The maximum Gasteiger partial charge on any atom is 0.197 e. The van der Waals surface area contributed by atoms with Gasteiger partial charge in [-0.2, -0.15) is 0 Å². The summed E-state index contributed by atoms with van der Waals surface area (Å²) in [6.45, 7) is 15.7. The van der Waals surface area contributed by atoms with Crippen LogP contribution in [0.5, 0.6) is 0 Å². The molecule has 0 amide bonds. The Morgan fingerprint density at radius 3 is 1.80 bits per heavy atom. The quantitative estimate of drug-likeness (QED) is 0.155. The average molecular weight is 590 g/mol. The minimum atomic E-state index is -0.309. The molecule has 1 aliphatic heterocycles. The van der Waals surface area contributed by atoms with Crippen LogP contribution in [0.1, 0.15) is 103 Å². The molecule has 1 heterocycles. The van der Waals surface area contributed by atoms with Crippen molar-refractivity contribution in [3.63, 3.8) is 0 Å². The molecule has 0 fully saturated rings. The summed E-state index contributed by atoms with van der Waals surface area (Å²) in [5, 5.41) is 1.92. The van der Waals surface area contributed by atoms with E-state index in [-0.39, 0.29) is 28.0 Å². The van der Waals surface area contributed by atoms with Crippen LogP contribution in [0.25, 0.3) is 16.8 Å². The third kappa shape index (κ3) is 4.64. The second kappa shape index (κ2) is 10.1. The molecule has 5 aromatic rings. The number of hydrogen-bond donors (Lipinski definition) is 0. The van der Waals surface area contributed by atoms with Gasteiger partial charge in [-0.25, -0.2) is 0 Å². The molecular weight excluding hydrogens is 550 g/mol. The molecule has 0 saturated heterocycles. The zero-order valence-electron chi connectivity index (χ0n) is 27.2. The number of rotatable bonds is 3. The first-order chi connectivity index (χ1) is 21.3. The van der Waals surface area contributed by atoms with E-state index < -0.39 is 0 Å². The number of carbonyl (C=O) groups is 2. The van der Waals surface area contributed by atoms with E-state index in [2.05, 4.69) is 108 Å². The summed E-state index contributed by atoms with van der Waals surface area (Å²) in [7, 11) is 0. The summed E-state index contributed by atoms with van der Waals surface area (Å²) >= 11 is 0. The molecule has 1 aliphatic carbocycles. The van der Waals surface area contributed by atoms with Crippen molar-refractivity contribution in [2.24, 2.45) is 0 Å². The van der Waals surface area contributed by atoms with Gasteiger partial charge in [0, 0.05) is 22.2 Å². The average Bonchev–Trinajstić information content (AvgIpc) is 3.24. The number of Topliss-reactive ketones (excluding diaryl/α,β-unsaturated/α-hetero) is 2. The first kappa shape index (κ1) is 29.0. The zero-order valence-corrected chi connectivity index (χ0v) is 27.2. The first-order valence-corrected chi connectivity index (χ1v) is 15.9. The molecule has 7 rings (SSSR count). The van der Waals surface area contributed by atoms with Crippen molar-refractivity contribution in [1.82, 2.24) is 0 Å². The summed E-state index contributed by atoms with van der Waals surface area (Å²) in [5.41, 5.74) is 10.2. The molecule has 0 N–H and O–H groups in total. The van der Waals surface area contributed by atoms with Crippen molar-refractivity contribution < 1.29 is 9.59 Å². The van der Waals surface area contributed by atoms with Gasteiger partial charge in [-0.3, -0.25) is 9.59 Å². The molecule has 0 radical (unpaired) electrons. The van der Waals surface area contributed by atoms with E-state index in [1.54, 1.807) is 6.08 Å². The van der Waals surface area contributed by atoms with Crippen LogP contribution >= 0.6 is 0 Å². The van der Waals surface area contributed by atoms with Gasteiger partial charge >= 0.3 is 0 Å². The Morgan fingerprint density at radius 1 is 0.689 bits per heavy atom. The van der Waals surface area contributed by atoms with Gasteiger partial charge in [0.25, 0.3) is 0 Å². The van der Waals surface area contributed by atoms with Crippen LogP contribution in [0.15, 0.2) is 103 Å². The maximum absolute atomic E-state index is 13.6. The topological polar surface area (TPSA) is 37.4 Å². The molecule has 3 heteroatoms. The van der Waals surface area contributed by atoms with E-state index in [1.807, 2.05) is 42.5 Å². The minimum Gasteiger partial charge on any atom is -0.310 e. The van der Waals surface area contributed by atoms with E-state index >= 15 is 0 Å². The number of allylic oxidation sites excluding steroid dienone is 1. The highest BCUT2D eigenvalue weighted by molar-refractivity contribution is 6.42. The number of benzene rings is 5. The van der Waals surface area contributed by atoms with E-state index in [0.717, 1.165) is 33.3 Å². The first-order valence-electron chi connectivity index (χ1n) is 15.9. The number of hydrogen-bond acceptors (Lipinski definition) is 3. The summed E-state index contributed by atoms with van der Waals surface area (Å²) in [6.07, 6.45) is 1.79. The monoisotopic (exact) mass is 589 g/mol. The van der Waals surface area contributed by atoms with Gasteiger partial charge in [0.15, 0.2) is 11.6 Å². The van der Waals surface area contributed by atoms with Crippen LogP contribution in [0.4, 0.5) is 17.1 Å². The Kier molecular flexibility index (Phi) is 6.53. The molecule has 0 saturated carbocycles. The summed E-state index contributed by atoms with van der Waals surface area (Å²) in [4.78, 5) is 29.5. The molecule has 0 bridgehead atoms. The lowest BCUT2D eigenvalue weighted by atomic mass is 9.72. The van der Waals surface area contributed by atoms with Crippen LogP contribution in [0, 0.1) is 0 Å². The number of nitrogens with zero attached hydrogens (tertiary/aromatic N) is 1. The third-order valence-corrected chi connectivity index (χ3v) is 9.70. The van der Waals surface area contributed by atoms with E-state index in [0.29, 0.717) is 17.0 Å². The van der Waals surface area contributed by atoms with Crippen LogP contribution in [-0.4, -0.2) is 11.6 Å².